The lowest BCUT2D eigenvalue weighted by Crippen LogP contribution is -2.61. The van der Waals surface area contributed by atoms with Gasteiger partial charge in [0, 0.05) is 56.9 Å². The molecule has 6 heterocycles. The quantitative estimate of drug-likeness (QED) is 0.162. The van der Waals surface area contributed by atoms with Gasteiger partial charge in [0.25, 0.3) is 6.71 Å². The molecule has 5 aromatic heterocycles. The monoisotopic (exact) mass is 718 g/mol. The Morgan fingerprint density at radius 2 is 0.804 bits per heavy atom. The van der Waals surface area contributed by atoms with E-state index in [1.54, 1.807) is 0 Å². The normalized spacial score (nSPS) is 12.2. The SMILES string of the molecule is c1ccc(B2c3c(c4cccnc4n3-c3ccccc3)N(c3nc(-c4ccccc4)nc(-c4ccccc4)n3)c3c2n(-c2ccccc2)c2ncccc32)cc1. The molecular formula is C47H31BN8. The molecular weight excluding hydrogens is 687 g/mol. The Balaban J connectivity index is 1.35. The molecule has 0 saturated heterocycles. The summed E-state index contributed by atoms with van der Waals surface area (Å²) in [5.74, 6) is 1.66. The second-order valence-electron chi connectivity index (χ2n) is 13.8. The van der Waals surface area contributed by atoms with Gasteiger partial charge < -0.3 is 9.13 Å². The van der Waals surface area contributed by atoms with Gasteiger partial charge in [-0.05, 0) is 48.5 Å². The topological polar surface area (TPSA) is 77.5 Å². The van der Waals surface area contributed by atoms with Crippen molar-refractivity contribution in [2.45, 2.75) is 0 Å². The summed E-state index contributed by atoms with van der Waals surface area (Å²) >= 11 is 0. The fourth-order valence-electron chi connectivity index (χ4n) is 8.21. The maximum Gasteiger partial charge on any atom is 0.289 e. The van der Waals surface area contributed by atoms with E-state index in [1.807, 2.05) is 97.3 Å². The number of hydrogen-bond acceptors (Lipinski definition) is 6. The van der Waals surface area contributed by atoms with E-state index >= 15 is 0 Å². The zero-order chi connectivity index (χ0) is 37.0. The van der Waals surface area contributed by atoms with Gasteiger partial charge in [-0.15, -0.1) is 0 Å². The Bertz CT molecular complexity index is 2840. The summed E-state index contributed by atoms with van der Waals surface area (Å²) in [6, 6.07) is 60.3. The molecule has 1 aliphatic heterocycles. The van der Waals surface area contributed by atoms with E-state index in [-0.39, 0.29) is 6.71 Å². The largest absolute Gasteiger partial charge is 0.304 e. The second kappa shape index (κ2) is 13.0. The number of benzene rings is 5. The fourth-order valence-corrected chi connectivity index (χ4v) is 8.21. The Hall–Kier alpha value is -7.65. The molecule has 0 saturated carbocycles. The molecule has 0 fully saturated rings. The van der Waals surface area contributed by atoms with Crippen LogP contribution in [0.2, 0.25) is 0 Å². The first-order valence-corrected chi connectivity index (χ1v) is 18.6. The average Bonchev–Trinajstić information content (AvgIpc) is 3.80. The summed E-state index contributed by atoms with van der Waals surface area (Å²) in [6.45, 7) is -0.259. The van der Waals surface area contributed by atoms with Gasteiger partial charge in [-0.2, -0.15) is 9.97 Å². The molecule has 0 amide bonds. The van der Waals surface area contributed by atoms with Gasteiger partial charge >= 0.3 is 0 Å². The predicted octanol–water partition coefficient (Wildman–Crippen LogP) is 8.18. The van der Waals surface area contributed by atoms with Crippen molar-refractivity contribution in [1.82, 2.24) is 34.1 Å². The Morgan fingerprint density at radius 3 is 1.25 bits per heavy atom. The molecule has 9 heteroatoms. The zero-order valence-corrected chi connectivity index (χ0v) is 30.1. The van der Waals surface area contributed by atoms with Crippen molar-refractivity contribution in [1.29, 1.82) is 0 Å². The van der Waals surface area contributed by atoms with Crippen molar-refractivity contribution in [3.63, 3.8) is 0 Å². The van der Waals surface area contributed by atoms with E-state index < -0.39 is 0 Å². The minimum absolute atomic E-state index is 0.259. The zero-order valence-electron chi connectivity index (χ0n) is 30.1. The molecule has 0 atom stereocenters. The molecule has 0 aliphatic carbocycles. The molecule has 56 heavy (non-hydrogen) atoms. The highest BCUT2D eigenvalue weighted by molar-refractivity contribution is 6.98. The third-order valence-electron chi connectivity index (χ3n) is 10.5. The minimum Gasteiger partial charge on any atom is -0.304 e. The van der Waals surface area contributed by atoms with Gasteiger partial charge in [0.15, 0.2) is 11.6 Å². The van der Waals surface area contributed by atoms with E-state index in [1.165, 1.54) is 0 Å². The molecule has 0 radical (unpaired) electrons. The molecule has 8 nitrogen and oxygen atoms in total. The van der Waals surface area contributed by atoms with E-state index in [4.69, 9.17) is 24.9 Å². The Labute approximate surface area is 323 Å². The molecule has 5 aromatic carbocycles. The number of anilines is 3. The molecule has 0 spiro atoms. The maximum atomic E-state index is 5.37. The summed E-state index contributed by atoms with van der Waals surface area (Å²) in [6.07, 6.45) is 3.74. The molecule has 10 aromatic rings. The van der Waals surface area contributed by atoms with Crippen molar-refractivity contribution >= 4 is 62.8 Å². The first-order valence-electron chi connectivity index (χ1n) is 18.6. The van der Waals surface area contributed by atoms with Gasteiger partial charge in [0.2, 0.25) is 5.95 Å². The van der Waals surface area contributed by atoms with Crippen LogP contribution in [0.1, 0.15) is 0 Å². The third kappa shape index (κ3) is 4.98. The Kier molecular flexibility index (Phi) is 7.41. The van der Waals surface area contributed by atoms with Crippen LogP contribution in [0.25, 0.3) is 56.2 Å². The van der Waals surface area contributed by atoms with Gasteiger partial charge in [-0.1, -0.05) is 133 Å². The van der Waals surface area contributed by atoms with Crippen molar-refractivity contribution in [3.05, 3.63) is 188 Å². The standard InChI is InChI=1S/C47H31BN8/c1-6-18-32(19-7-1)43-51-44(33-20-8-2-9-21-33)53-47(52-43)56-39-37-28-16-30-49-45(37)54(35-24-12-4-13-25-35)41(39)48(34-22-10-3-11-23-34)42-40(56)38-29-17-31-50-46(38)55(42)36-26-14-5-15-27-36/h1-31H. The first kappa shape index (κ1) is 31.8. The highest BCUT2D eigenvalue weighted by atomic mass is 15.3. The van der Waals surface area contributed by atoms with E-state index in [2.05, 4.69) is 105 Å². The van der Waals surface area contributed by atoms with Gasteiger partial charge in [0.1, 0.15) is 11.3 Å². The van der Waals surface area contributed by atoms with Gasteiger partial charge in [0.05, 0.1) is 11.4 Å². The number of pyridine rings is 2. The first-order chi connectivity index (χ1) is 27.8. The van der Waals surface area contributed by atoms with E-state index in [0.29, 0.717) is 17.6 Å². The minimum atomic E-state index is -0.259. The highest BCUT2D eigenvalue weighted by Gasteiger charge is 2.46. The average molecular weight is 719 g/mol. The van der Waals surface area contributed by atoms with E-state index in [0.717, 1.165) is 72.6 Å². The molecule has 0 bridgehead atoms. The van der Waals surface area contributed by atoms with Crippen LogP contribution in [0.4, 0.5) is 17.3 Å². The molecule has 1 aliphatic rings. The second-order valence-corrected chi connectivity index (χ2v) is 13.8. The van der Waals surface area contributed by atoms with Crippen LogP contribution in [0.3, 0.4) is 0 Å². The smallest absolute Gasteiger partial charge is 0.289 e. The number of rotatable bonds is 6. The maximum absolute atomic E-state index is 5.37. The fraction of sp³-hybridized carbons (Fsp3) is 0. The van der Waals surface area contributed by atoms with Crippen molar-refractivity contribution in [3.8, 4) is 34.2 Å². The summed E-state index contributed by atoms with van der Waals surface area (Å²) < 4.78 is 4.63. The Morgan fingerprint density at radius 1 is 0.393 bits per heavy atom. The lowest BCUT2D eigenvalue weighted by atomic mass is 9.38. The van der Waals surface area contributed by atoms with E-state index in [9.17, 15) is 0 Å². The van der Waals surface area contributed by atoms with Crippen molar-refractivity contribution < 1.29 is 0 Å². The molecule has 0 unspecified atom stereocenters. The summed E-state index contributed by atoms with van der Waals surface area (Å²) in [7, 11) is 0. The molecule has 262 valence electrons. The lowest BCUT2D eigenvalue weighted by Gasteiger charge is -2.34. The predicted molar refractivity (Wildman–Crippen MR) is 226 cm³/mol. The van der Waals surface area contributed by atoms with Crippen LogP contribution in [0, 0.1) is 0 Å². The number of para-hydroxylation sites is 2. The number of hydrogen-bond donors (Lipinski definition) is 0. The number of fused-ring (bicyclic) bond motifs is 6. The summed E-state index contributed by atoms with van der Waals surface area (Å²) in [4.78, 5) is 28.3. The van der Waals surface area contributed by atoms with Crippen LogP contribution in [0.5, 0.6) is 0 Å². The van der Waals surface area contributed by atoms with Crippen LogP contribution in [-0.4, -0.2) is 40.8 Å². The summed E-state index contributed by atoms with van der Waals surface area (Å²) in [5, 5.41) is 1.95. The molecule has 11 rings (SSSR count). The highest BCUT2D eigenvalue weighted by Crippen LogP contribution is 2.45. The van der Waals surface area contributed by atoms with Gasteiger partial charge in [-0.3, -0.25) is 4.90 Å². The van der Waals surface area contributed by atoms with Crippen LogP contribution < -0.4 is 21.5 Å². The van der Waals surface area contributed by atoms with Crippen LogP contribution in [0.15, 0.2) is 188 Å². The number of nitrogens with zero attached hydrogens (tertiary/aromatic N) is 8. The van der Waals surface area contributed by atoms with Crippen molar-refractivity contribution in [2.75, 3.05) is 4.90 Å². The third-order valence-corrected chi connectivity index (χ3v) is 10.5. The van der Waals surface area contributed by atoms with Crippen LogP contribution in [-0.2, 0) is 0 Å². The summed E-state index contributed by atoms with van der Waals surface area (Å²) in [5.41, 5.74) is 10.6. The number of aromatic nitrogens is 7. The lowest BCUT2D eigenvalue weighted by molar-refractivity contribution is 1.02. The molecule has 0 N–H and O–H groups in total. The van der Waals surface area contributed by atoms with Crippen LogP contribution >= 0.6 is 0 Å². The van der Waals surface area contributed by atoms with Gasteiger partial charge in [-0.25, -0.2) is 15.0 Å². The van der Waals surface area contributed by atoms with Crippen molar-refractivity contribution in [2.24, 2.45) is 0 Å².